The van der Waals surface area contributed by atoms with Gasteiger partial charge in [-0.25, -0.2) is 5.43 Å². The lowest BCUT2D eigenvalue weighted by Gasteiger charge is -2.11. The summed E-state index contributed by atoms with van der Waals surface area (Å²) in [7, 11) is 1.57. The number of rotatable bonds is 10. The van der Waals surface area contributed by atoms with Crippen LogP contribution in [-0.4, -0.2) is 19.2 Å². The van der Waals surface area contributed by atoms with Crippen LogP contribution in [0.15, 0.2) is 96.1 Å². The predicted octanol–water partition coefficient (Wildman–Crippen LogP) is 6.58. The van der Waals surface area contributed by atoms with Crippen LogP contribution in [0.1, 0.15) is 32.6 Å². The summed E-state index contributed by atoms with van der Waals surface area (Å²) in [5.41, 5.74) is 7.04. The monoisotopic (exact) mass is 514 g/mol. The molecule has 0 unspecified atom stereocenters. The van der Waals surface area contributed by atoms with Crippen LogP contribution in [0.3, 0.4) is 0 Å². The molecule has 6 nitrogen and oxygen atoms in total. The van der Waals surface area contributed by atoms with Crippen LogP contribution in [0.5, 0.6) is 17.2 Å². The van der Waals surface area contributed by atoms with E-state index in [1.165, 1.54) is 5.56 Å². The molecule has 188 valence electrons. The highest BCUT2D eigenvalue weighted by Gasteiger charge is 2.07. The van der Waals surface area contributed by atoms with E-state index < -0.39 is 0 Å². The van der Waals surface area contributed by atoms with E-state index in [4.69, 9.17) is 25.8 Å². The molecule has 0 radical (unpaired) electrons. The molecular weight excluding hydrogens is 488 g/mol. The molecule has 4 aromatic rings. The Hall–Kier alpha value is -4.29. The Balaban J connectivity index is 1.29. The zero-order valence-corrected chi connectivity index (χ0v) is 21.4. The largest absolute Gasteiger partial charge is 0.493 e. The first kappa shape index (κ1) is 25.8. The fraction of sp³-hybridized carbons (Fsp3) is 0.133. The van der Waals surface area contributed by atoms with Crippen molar-refractivity contribution >= 4 is 23.7 Å². The highest BCUT2D eigenvalue weighted by molar-refractivity contribution is 6.30. The molecule has 1 amide bonds. The number of hydrogen-bond acceptors (Lipinski definition) is 5. The fourth-order valence-electron chi connectivity index (χ4n) is 3.41. The van der Waals surface area contributed by atoms with Gasteiger partial charge in [0.05, 0.1) is 13.3 Å². The summed E-state index contributed by atoms with van der Waals surface area (Å²) in [5.74, 6) is 1.52. The van der Waals surface area contributed by atoms with E-state index in [0.717, 1.165) is 16.7 Å². The molecule has 0 heterocycles. The third-order valence-electron chi connectivity index (χ3n) is 5.52. The van der Waals surface area contributed by atoms with Crippen LogP contribution in [0.4, 0.5) is 0 Å². The van der Waals surface area contributed by atoms with Crippen molar-refractivity contribution in [3.63, 3.8) is 0 Å². The number of methoxy groups -OCH3 is 1. The third-order valence-corrected chi connectivity index (χ3v) is 5.77. The van der Waals surface area contributed by atoms with E-state index >= 15 is 0 Å². The second kappa shape index (κ2) is 12.6. The van der Waals surface area contributed by atoms with E-state index in [2.05, 4.69) is 10.5 Å². The van der Waals surface area contributed by atoms with Crippen LogP contribution in [0, 0.1) is 6.92 Å². The number of nitrogens with one attached hydrogen (secondary N) is 1. The molecule has 37 heavy (non-hydrogen) atoms. The van der Waals surface area contributed by atoms with E-state index in [-0.39, 0.29) is 5.91 Å². The van der Waals surface area contributed by atoms with Crippen LogP contribution in [0.2, 0.25) is 5.02 Å². The number of halogens is 1. The lowest BCUT2D eigenvalue weighted by Crippen LogP contribution is -2.17. The maximum absolute atomic E-state index is 12.5. The summed E-state index contributed by atoms with van der Waals surface area (Å²) >= 11 is 5.93. The molecule has 0 bridgehead atoms. The second-order valence-corrected chi connectivity index (χ2v) is 8.76. The number of nitrogens with zero attached hydrogens (tertiary/aromatic N) is 1. The molecule has 0 atom stereocenters. The van der Waals surface area contributed by atoms with E-state index in [0.29, 0.717) is 41.0 Å². The van der Waals surface area contributed by atoms with E-state index in [9.17, 15) is 4.79 Å². The Morgan fingerprint density at radius 2 is 1.49 bits per heavy atom. The summed E-state index contributed by atoms with van der Waals surface area (Å²) < 4.78 is 17.1. The van der Waals surface area contributed by atoms with Crippen molar-refractivity contribution in [3.8, 4) is 17.2 Å². The predicted molar refractivity (Wildman–Crippen MR) is 146 cm³/mol. The average Bonchev–Trinajstić information content (AvgIpc) is 2.93. The third kappa shape index (κ3) is 7.59. The molecule has 0 aliphatic carbocycles. The first-order valence-electron chi connectivity index (χ1n) is 11.7. The average molecular weight is 515 g/mol. The van der Waals surface area contributed by atoms with Crippen molar-refractivity contribution in [3.05, 3.63) is 124 Å². The highest BCUT2D eigenvalue weighted by atomic mass is 35.5. The molecular formula is C30H27ClN2O4. The van der Waals surface area contributed by atoms with Gasteiger partial charge >= 0.3 is 0 Å². The number of hydrogen-bond donors (Lipinski definition) is 1. The number of hydrazone groups is 1. The summed E-state index contributed by atoms with van der Waals surface area (Å²) in [4.78, 5) is 12.5. The smallest absolute Gasteiger partial charge is 0.271 e. The maximum atomic E-state index is 12.5. The molecule has 0 aliphatic heterocycles. The number of benzene rings is 4. The Kier molecular flexibility index (Phi) is 8.79. The molecule has 0 saturated carbocycles. The van der Waals surface area contributed by atoms with Crippen LogP contribution < -0.4 is 19.6 Å². The Morgan fingerprint density at radius 3 is 2.16 bits per heavy atom. The topological polar surface area (TPSA) is 69.2 Å². The lowest BCUT2D eigenvalue weighted by molar-refractivity contribution is 0.0955. The van der Waals surface area contributed by atoms with Gasteiger partial charge in [0.25, 0.3) is 5.91 Å². The minimum Gasteiger partial charge on any atom is -0.493 e. The SMILES string of the molecule is COc1cc(/C=N\NC(=O)c2ccc(OCc3ccc(C)cc3)cc2)ccc1OCc1ccc(Cl)cc1. The molecule has 1 N–H and O–H groups in total. The van der Waals surface area contributed by atoms with Crippen molar-refractivity contribution in [1.82, 2.24) is 5.43 Å². The van der Waals surface area contributed by atoms with Crippen molar-refractivity contribution < 1.29 is 19.0 Å². The van der Waals surface area contributed by atoms with Gasteiger partial charge in [0.15, 0.2) is 11.5 Å². The molecule has 0 fully saturated rings. The molecule has 0 aromatic heterocycles. The number of carbonyl (C=O) groups is 1. The van der Waals surface area contributed by atoms with Gasteiger partial charge in [0, 0.05) is 10.6 Å². The molecule has 4 aromatic carbocycles. The van der Waals surface area contributed by atoms with Crippen molar-refractivity contribution in [2.75, 3.05) is 7.11 Å². The normalized spacial score (nSPS) is 10.8. The Bertz CT molecular complexity index is 1350. The van der Waals surface area contributed by atoms with Crippen LogP contribution in [0.25, 0.3) is 0 Å². The minimum atomic E-state index is -0.323. The molecule has 0 saturated heterocycles. The minimum absolute atomic E-state index is 0.323. The Labute approximate surface area is 221 Å². The van der Waals surface area contributed by atoms with Crippen LogP contribution >= 0.6 is 11.6 Å². The van der Waals surface area contributed by atoms with Gasteiger partial charge in [-0.2, -0.15) is 5.10 Å². The second-order valence-electron chi connectivity index (χ2n) is 8.32. The quantitative estimate of drug-likeness (QED) is 0.192. The van der Waals surface area contributed by atoms with Crippen molar-refractivity contribution in [2.24, 2.45) is 5.10 Å². The van der Waals surface area contributed by atoms with Gasteiger partial charge in [-0.1, -0.05) is 53.6 Å². The standard InChI is InChI=1S/C30H27ClN2O4/c1-21-3-5-22(6-4-21)19-36-27-14-10-25(11-15-27)30(34)33-32-18-24-9-16-28(29(17-24)35-2)37-20-23-7-12-26(31)13-8-23/h3-18H,19-20H2,1-2H3,(H,33,34)/b32-18-. The molecule has 0 spiro atoms. The number of ether oxygens (including phenoxy) is 3. The van der Waals surface area contributed by atoms with E-state index in [1.54, 1.807) is 49.7 Å². The zero-order chi connectivity index (χ0) is 26.0. The van der Waals surface area contributed by atoms with Crippen LogP contribution in [-0.2, 0) is 13.2 Å². The van der Waals surface area contributed by atoms with Gasteiger partial charge in [-0.15, -0.1) is 0 Å². The summed E-state index contributed by atoms with van der Waals surface area (Å²) in [6.45, 7) is 2.89. The summed E-state index contributed by atoms with van der Waals surface area (Å²) in [6, 6.07) is 28.0. The fourth-order valence-corrected chi connectivity index (χ4v) is 3.53. The summed E-state index contributed by atoms with van der Waals surface area (Å²) in [6.07, 6.45) is 1.54. The number of carbonyl (C=O) groups excluding carboxylic acids is 1. The van der Waals surface area contributed by atoms with Gasteiger partial charge in [0.1, 0.15) is 19.0 Å². The lowest BCUT2D eigenvalue weighted by atomic mass is 10.2. The van der Waals surface area contributed by atoms with Gasteiger partial charge in [-0.3, -0.25) is 4.79 Å². The maximum Gasteiger partial charge on any atom is 0.271 e. The molecule has 7 heteroatoms. The van der Waals surface area contributed by atoms with E-state index in [1.807, 2.05) is 61.5 Å². The number of aryl methyl sites for hydroxylation is 1. The highest BCUT2D eigenvalue weighted by Crippen LogP contribution is 2.28. The molecule has 0 aliphatic rings. The van der Waals surface area contributed by atoms with Gasteiger partial charge in [0.2, 0.25) is 0 Å². The van der Waals surface area contributed by atoms with Gasteiger partial charge in [-0.05, 0) is 78.2 Å². The van der Waals surface area contributed by atoms with Gasteiger partial charge < -0.3 is 14.2 Å². The van der Waals surface area contributed by atoms with Crippen molar-refractivity contribution in [1.29, 1.82) is 0 Å². The first-order valence-corrected chi connectivity index (χ1v) is 12.0. The van der Waals surface area contributed by atoms with Crippen molar-refractivity contribution in [2.45, 2.75) is 20.1 Å². The first-order chi connectivity index (χ1) is 18.0. The summed E-state index contributed by atoms with van der Waals surface area (Å²) in [5, 5.41) is 4.74. The Morgan fingerprint density at radius 1 is 0.838 bits per heavy atom. The zero-order valence-electron chi connectivity index (χ0n) is 20.6. The molecule has 4 rings (SSSR count). The number of amides is 1.